The van der Waals surface area contributed by atoms with Crippen molar-refractivity contribution in [2.45, 2.75) is 23.7 Å². The molecule has 1 heterocycles. The zero-order chi connectivity index (χ0) is 45.6. The fraction of sp³-hybridized carbons (Fsp3) is 0.0769. The van der Waals surface area contributed by atoms with Crippen LogP contribution in [0, 0.1) is 0 Å². The number of para-hydroxylation sites is 2. The minimum atomic E-state index is -0.274. The van der Waals surface area contributed by atoms with Gasteiger partial charge >= 0.3 is 364 Å². The van der Waals surface area contributed by atoms with Crippen LogP contribution in [0.1, 0.15) is 31.4 Å². The number of anilines is 3. The van der Waals surface area contributed by atoms with E-state index in [0.717, 1.165) is 17.1 Å². The van der Waals surface area contributed by atoms with Crippen molar-refractivity contribution in [1.82, 2.24) is 4.57 Å². The summed E-state index contributed by atoms with van der Waals surface area (Å²) >= 11 is -0.274. The zero-order valence-corrected chi connectivity index (χ0v) is 40.4. The van der Waals surface area contributed by atoms with Gasteiger partial charge in [0.25, 0.3) is 0 Å². The number of alkyl halides is 2. The van der Waals surface area contributed by atoms with Gasteiger partial charge in [-0.1, -0.05) is 48.5 Å². The van der Waals surface area contributed by atoms with Crippen molar-refractivity contribution in [3.8, 4) is 61.3 Å². The Kier molecular flexibility index (Phi) is 10.9. The van der Waals surface area contributed by atoms with Crippen molar-refractivity contribution in [2.75, 3.05) is 9.33 Å². The van der Waals surface area contributed by atoms with Crippen molar-refractivity contribution in [1.29, 1.82) is 0 Å². The van der Waals surface area contributed by atoms with Crippen LogP contribution in [0.2, 0.25) is 0 Å². The molecule has 1 unspecified atom stereocenters. The Morgan fingerprint density at radius 1 is 0.382 bits per heavy atom. The minimum absolute atomic E-state index is 0.0911. The van der Waals surface area contributed by atoms with E-state index >= 15 is 0 Å². The van der Waals surface area contributed by atoms with Crippen LogP contribution in [0.5, 0.6) is 0 Å². The van der Waals surface area contributed by atoms with Gasteiger partial charge in [-0.25, -0.2) is 0 Å². The molecule has 0 saturated carbocycles. The standard InChI is InChI=1S/C65H50IN2/c1-3-39-66-65(2)61-43-53(35-37-57(61)58-38-36-54(44-62(58)65)68-63-33-14-12-31-59(63)60-32-13-15-34-64(60)68)67(51-27-17-25-49(41-51)48-24-16-23-47(40-48)45-19-6-4-7-20-45)52-28-18-26-50(42-52)56-30-11-10-29-55(56)46-21-8-5-9-22-46/h4-38,40-44H,3,39H2,1-2H3/q-1. The second kappa shape index (κ2) is 17.6. The number of hydrogen-bond donors (Lipinski definition) is 0. The Morgan fingerprint density at radius 3 is 1.51 bits per heavy atom. The first-order valence-electron chi connectivity index (χ1n) is 23.7. The topological polar surface area (TPSA) is 8.17 Å². The molecule has 1 aromatic heterocycles. The van der Waals surface area contributed by atoms with Gasteiger partial charge < -0.3 is 0 Å². The number of rotatable bonds is 11. The van der Waals surface area contributed by atoms with Crippen LogP contribution >= 0.6 is 0 Å². The fourth-order valence-electron chi connectivity index (χ4n) is 10.6. The molecule has 328 valence electrons. The molecule has 0 bridgehead atoms. The molecule has 3 heteroatoms. The molecule has 68 heavy (non-hydrogen) atoms. The van der Waals surface area contributed by atoms with Gasteiger partial charge in [-0.3, -0.25) is 0 Å². The second-order valence-electron chi connectivity index (χ2n) is 17.9. The molecule has 1 atom stereocenters. The average Bonchev–Trinajstić information content (AvgIpc) is 3.87. The average molecular weight is 986 g/mol. The molecular formula is C65H50IN2-. The summed E-state index contributed by atoms with van der Waals surface area (Å²) in [4.78, 5) is 2.49. The Morgan fingerprint density at radius 2 is 0.853 bits per heavy atom. The summed E-state index contributed by atoms with van der Waals surface area (Å²) in [6.07, 6.45) is 1.18. The zero-order valence-electron chi connectivity index (χ0n) is 38.3. The molecule has 0 fully saturated rings. The number of aromatic nitrogens is 1. The van der Waals surface area contributed by atoms with Gasteiger partial charge in [0, 0.05) is 0 Å². The Hall–Kier alpha value is -7.47. The SMILES string of the molecule is CCC[I-]C1(C)c2cc(N(c3cccc(-c4cccc(-c5ccccc5)c4)c3)c3cccc(-c4ccccc4-c4ccccc4)c3)ccc2-c2ccc(-n3c4ccccc4c4ccccc43)cc21. The summed E-state index contributed by atoms with van der Waals surface area (Å²) in [6.45, 7) is 4.89. The third-order valence-corrected chi connectivity index (χ3v) is 18.1. The van der Waals surface area contributed by atoms with Gasteiger partial charge in [-0.2, -0.15) is 0 Å². The summed E-state index contributed by atoms with van der Waals surface area (Å²) < 4.78 is 3.63. The fourth-order valence-corrected chi connectivity index (χ4v) is 13.9. The van der Waals surface area contributed by atoms with E-state index in [1.165, 1.54) is 105 Å². The van der Waals surface area contributed by atoms with E-state index in [2.05, 4.69) is 266 Å². The number of hydrogen-bond acceptors (Lipinski definition) is 1. The Balaban J connectivity index is 1.02. The van der Waals surface area contributed by atoms with E-state index in [0.29, 0.717) is 0 Å². The number of benzene rings is 10. The third-order valence-electron chi connectivity index (χ3n) is 13.8. The van der Waals surface area contributed by atoms with Crippen LogP contribution < -0.4 is 26.1 Å². The summed E-state index contributed by atoms with van der Waals surface area (Å²) in [6, 6.07) is 89.8. The molecule has 0 N–H and O–H groups in total. The summed E-state index contributed by atoms with van der Waals surface area (Å²) in [5.74, 6) is 0. The van der Waals surface area contributed by atoms with Gasteiger partial charge in [0.15, 0.2) is 0 Å². The number of nitrogens with zero attached hydrogens (tertiary/aromatic N) is 2. The monoisotopic (exact) mass is 985 g/mol. The number of fused-ring (bicyclic) bond motifs is 6. The third kappa shape index (κ3) is 7.33. The van der Waals surface area contributed by atoms with E-state index in [4.69, 9.17) is 0 Å². The maximum atomic E-state index is 2.55. The molecule has 0 saturated heterocycles. The van der Waals surface area contributed by atoms with E-state index in [9.17, 15) is 0 Å². The molecule has 12 rings (SSSR count). The molecule has 0 amide bonds. The molecule has 10 aromatic carbocycles. The maximum absolute atomic E-state index is 2.55. The van der Waals surface area contributed by atoms with Crippen molar-refractivity contribution in [3.63, 3.8) is 0 Å². The molecule has 1 aliphatic rings. The van der Waals surface area contributed by atoms with Crippen LogP contribution in [0.15, 0.2) is 243 Å². The van der Waals surface area contributed by atoms with Gasteiger partial charge in [0.1, 0.15) is 0 Å². The van der Waals surface area contributed by atoms with Crippen LogP contribution in [0.3, 0.4) is 0 Å². The van der Waals surface area contributed by atoms with E-state index in [-0.39, 0.29) is 24.6 Å². The predicted octanol–water partition coefficient (Wildman–Crippen LogP) is 14.7. The van der Waals surface area contributed by atoms with Gasteiger partial charge in [0.2, 0.25) is 0 Å². The van der Waals surface area contributed by atoms with Gasteiger partial charge in [0.05, 0.1) is 0 Å². The van der Waals surface area contributed by atoms with Crippen molar-refractivity contribution in [3.05, 3.63) is 254 Å². The first kappa shape index (κ1) is 41.9. The van der Waals surface area contributed by atoms with E-state index < -0.39 is 0 Å². The Bertz CT molecular complexity index is 3590. The van der Waals surface area contributed by atoms with Crippen molar-refractivity contribution >= 4 is 38.9 Å². The summed E-state index contributed by atoms with van der Waals surface area (Å²) in [5.41, 5.74) is 22.4. The summed E-state index contributed by atoms with van der Waals surface area (Å²) in [7, 11) is 0. The predicted molar refractivity (Wildman–Crippen MR) is 284 cm³/mol. The molecule has 0 radical (unpaired) electrons. The normalized spacial score (nSPS) is 14.0. The van der Waals surface area contributed by atoms with Gasteiger partial charge in [-0.15, -0.1) is 0 Å². The van der Waals surface area contributed by atoms with E-state index in [1.807, 2.05) is 0 Å². The molecule has 2 nitrogen and oxygen atoms in total. The molecule has 0 spiro atoms. The first-order valence-corrected chi connectivity index (χ1v) is 26.4. The van der Waals surface area contributed by atoms with Crippen LogP contribution in [0.4, 0.5) is 17.1 Å². The number of halogens is 1. The molecule has 11 aromatic rings. The molecular weight excluding hydrogens is 936 g/mol. The van der Waals surface area contributed by atoms with Crippen molar-refractivity contribution < 1.29 is 21.2 Å². The summed E-state index contributed by atoms with van der Waals surface area (Å²) in [5, 5.41) is 2.58. The first-order chi connectivity index (χ1) is 33.6. The van der Waals surface area contributed by atoms with Crippen LogP contribution in [-0.2, 0) is 3.42 Å². The second-order valence-corrected chi connectivity index (χ2v) is 21.9. The van der Waals surface area contributed by atoms with Crippen molar-refractivity contribution in [2.24, 2.45) is 0 Å². The molecule has 0 aliphatic heterocycles. The van der Waals surface area contributed by atoms with E-state index in [1.54, 1.807) is 0 Å². The van der Waals surface area contributed by atoms with Crippen LogP contribution in [-0.4, -0.2) is 8.99 Å². The Labute approximate surface area is 410 Å². The van der Waals surface area contributed by atoms with Gasteiger partial charge in [-0.05, 0) is 0 Å². The van der Waals surface area contributed by atoms with Crippen LogP contribution in [0.25, 0.3) is 83.1 Å². The quantitative estimate of drug-likeness (QED) is 0.0926. The molecule has 1 aliphatic carbocycles.